The van der Waals surface area contributed by atoms with Crippen molar-refractivity contribution in [1.82, 2.24) is 9.99 Å². The van der Waals surface area contributed by atoms with E-state index in [9.17, 15) is 9.90 Å². The predicted molar refractivity (Wildman–Crippen MR) is 128 cm³/mol. The molecule has 1 aromatic heterocycles. The maximum absolute atomic E-state index is 12.4. The molecule has 0 saturated carbocycles. The summed E-state index contributed by atoms with van der Waals surface area (Å²) in [6.45, 7) is 2.64. The molecule has 2 N–H and O–H groups in total. The van der Waals surface area contributed by atoms with Gasteiger partial charge in [0.15, 0.2) is 0 Å². The Balaban J connectivity index is 1.65. The Morgan fingerprint density at radius 3 is 2.71 bits per heavy atom. The van der Waals surface area contributed by atoms with Crippen LogP contribution in [-0.4, -0.2) is 21.8 Å². The Labute approximate surface area is 193 Å². The predicted octanol–water partition coefficient (Wildman–Crippen LogP) is 5.88. The number of phenolic OH excluding ortho intramolecular Hbond substituents is 1. The zero-order valence-corrected chi connectivity index (χ0v) is 19.0. The number of halogens is 2. The lowest BCUT2D eigenvalue weighted by molar-refractivity contribution is 0.0952. The second kappa shape index (κ2) is 8.96. The topological polar surface area (TPSA) is 66.6 Å². The molecule has 0 fully saturated rings. The first-order chi connectivity index (χ1) is 15.0. The Kier molecular flexibility index (Phi) is 6.11. The maximum Gasteiger partial charge on any atom is 0.275 e. The number of aromatic hydroxyl groups is 1. The van der Waals surface area contributed by atoms with Gasteiger partial charge in [0.2, 0.25) is 0 Å². The zero-order chi connectivity index (χ0) is 22.0. The van der Waals surface area contributed by atoms with Crippen LogP contribution in [0.25, 0.3) is 10.9 Å². The molecule has 156 valence electrons. The standard InChI is InChI=1S/C24H19BrClN3O2/c1-15-20(13-27-28-24(31)19-12-17(25)10-11-23(19)30)18-7-3-5-9-22(18)29(15)14-16-6-2-4-8-21(16)26/h2-13,30H,14H2,1H3,(H,28,31)/b27-13-. The van der Waals surface area contributed by atoms with Crippen LogP contribution in [0.15, 0.2) is 76.3 Å². The quantitative estimate of drug-likeness (QED) is 0.267. The Hall–Kier alpha value is -3.09. The SMILES string of the molecule is Cc1c(/C=N\NC(=O)c2cc(Br)ccc2O)c2ccccc2n1Cc1ccccc1Cl. The number of para-hydroxylation sites is 1. The lowest BCUT2D eigenvalue weighted by atomic mass is 10.1. The second-order valence-electron chi connectivity index (χ2n) is 7.05. The van der Waals surface area contributed by atoms with Crippen molar-refractivity contribution in [3.63, 3.8) is 0 Å². The van der Waals surface area contributed by atoms with Crippen molar-refractivity contribution < 1.29 is 9.90 Å². The summed E-state index contributed by atoms with van der Waals surface area (Å²) in [5.41, 5.74) is 6.62. The number of amides is 1. The molecule has 0 spiro atoms. The first-order valence-corrected chi connectivity index (χ1v) is 10.8. The molecule has 0 unspecified atom stereocenters. The van der Waals surface area contributed by atoms with Gasteiger partial charge in [-0.2, -0.15) is 5.10 Å². The summed E-state index contributed by atoms with van der Waals surface area (Å²) in [4.78, 5) is 12.4. The molecule has 0 aliphatic heterocycles. The number of rotatable bonds is 5. The Bertz CT molecular complexity index is 1310. The summed E-state index contributed by atoms with van der Waals surface area (Å²) in [5, 5.41) is 15.8. The van der Waals surface area contributed by atoms with Crippen LogP contribution in [0.4, 0.5) is 0 Å². The van der Waals surface area contributed by atoms with E-state index < -0.39 is 5.91 Å². The second-order valence-corrected chi connectivity index (χ2v) is 8.38. The maximum atomic E-state index is 12.4. The summed E-state index contributed by atoms with van der Waals surface area (Å²) in [7, 11) is 0. The number of benzene rings is 3. The first-order valence-electron chi connectivity index (χ1n) is 9.59. The van der Waals surface area contributed by atoms with Crippen LogP contribution in [-0.2, 0) is 6.54 Å². The zero-order valence-electron chi connectivity index (χ0n) is 16.6. The van der Waals surface area contributed by atoms with Gasteiger partial charge in [-0.25, -0.2) is 5.43 Å². The van der Waals surface area contributed by atoms with Crippen molar-refractivity contribution in [3.8, 4) is 5.75 Å². The lowest BCUT2D eigenvalue weighted by Gasteiger charge is -2.10. The number of aromatic nitrogens is 1. The molecule has 5 nitrogen and oxygen atoms in total. The van der Waals surface area contributed by atoms with Crippen molar-refractivity contribution in [2.45, 2.75) is 13.5 Å². The molecular weight excluding hydrogens is 478 g/mol. The van der Waals surface area contributed by atoms with Gasteiger partial charge in [-0.1, -0.05) is 63.9 Å². The summed E-state index contributed by atoms with van der Waals surface area (Å²) < 4.78 is 2.87. The van der Waals surface area contributed by atoms with Gasteiger partial charge in [-0.3, -0.25) is 4.79 Å². The highest BCUT2D eigenvalue weighted by Gasteiger charge is 2.14. The number of nitrogens with one attached hydrogen (secondary N) is 1. The summed E-state index contributed by atoms with van der Waals surface area (Å²) in [6, 6.07) is 20.5. The van der Waals surface area contributed by atoms with Crippen molar-refractivity contribution in [2.24, 2.45) is 5.10 Å². The van der Waals surface area contributed by atoms with Gasteiger partial charge in [0.1, 0.15) is 5.75 Å². The molecule has 3 aromatic carbocycles. The average molecular weight is 497 g/mol. The van der Waals surface area contributed by atoms with Gasteiger partial charge in [-0.15, -0.1) is 0 Å². The van der Waals surface area contributed by atoms with Crippen molar-refractivity contribution >= 4 is 50.6 Å². The number of nitrogens with zero attached hydrogens (tertiary/aromatic N) is 2. The molecule has 1 heterocycles. The number of phenols is 1. The van der Waals surface area contributed by atoms with Gasteiger partial charge < -0.3 is 9.67 Å². The monoisotopic (exact) mass is 495 g/mol. The third-order valence-electron chi connectivity index (χ3n) is 5.13. The van der Waals surface area contributed by atoms with E-state index in [4.69, 9.17) is 11.6 Å². The molecule has 0 aliphatic carbocycles. The van der Waals surface area contributed by atoms with E-state index in [1.807, 2.05) is 49.4 Å². The average Bonchev–Trinajstić information content (AvgIpc) is 3.03. The normalized spacial score (nSPS) is 11.3. The number of hydrogen-bond donors (Lipinski definition) is 2. The molecule has 0 aliphatic rings. The minimum atomic E-state index is -0.493. The molecule has 0 radical (unpaired) electrons. The molecule has 31 heavy (non-hydrogen) atoms. The fourth-order valence-corrected chi connectivity index (χ4v) is 4.08. The summed E-state index contributed by atoms with van der Waals surface area (Å²) >= 11 is 9.67. The van der Waals surface area contributed by atoms with Crippen LogP contribution in [0, 0.1) is 6.92 Å². The molecular formula is C24H19BrClN3O2. The van der Waals surface area contributed by atoms with Gasteiger partial charge in [0.25, 0.3) is 5.91 Å². The molecule has 4 rings (SSSR count). The van der Waals surface area contributed by atoms with E-state index in [2.05, 4.69) is 37.1 Å². The van der Waals surface area contributed by atoms with E-state index in [0.717, 1.165) is 32.7 Å². The van der Waals surface area contributed by atoms with Crippen LogP contribution < -0.4 is 5.43 Å². The van der Waals surface area contributed by atoms with Crippen molar-refractivity contribution in [2.75, 3.05) is 0 Å². The fourth-order valence-electron chi connectivity index (χ4n) is 3.53. The largest absolute Gasteiger partial charge is 0.507 e. The number of carbonyl (C=O) groups is 1. The molecule has 0 saturated heterocycles. The van der Waals surface area contributed by atoms with E-state index >= 15 is 0 Å². The minimum Gasteiger partial charge on any atom is -0.507 e. The Morgan fingerprint density at radius 2 is 1.90 bits per heavy atom. The minimum absolute atomic E-state index is 0.108. The molecule has 0 atom stereocenters. The third-order valence-corrected chi connectivity index (χ3v) is 5.99. The summed E-state index contributed by atoms with van der Waals surface area (Å²) in [5.74, 6) is -0.601. The highest BCUT2D eigenvalue weighted by Crippen LogP contribution is 2.27. The molecule has 0 bridgehead atoms. The third kappa shape index (κ3) is 4.36. The number of hydrazone groups is 1. The number of fused-ring (bicyclic) bond motifs is 1. The smallest absolute Gasteiger partial charge is 0.275 e. The van der Waals surface area contributed by atoms with Crippen LogP contribution in [0.1, 0.15) is 27.2 Å². The van der Waals surface area contributed by atoms with Gasteiger partial charge in [0.05, 0.1) is 11.8 Å². The van der Waals surface area contributed by atoms with Crippen LogP contribution >= 0.6 is 27.5 Å². The number of carbonyl (C=O) groups excluding carboxylic acids is 1. The highest BCUT2D eigenvalue weighted by atomic mass is 79.9. The van der Waals surface area contributed by atoms with Crippen LogP contribution in [0.2, 0.25) is 5.02 Å². The fraction of sp³-hybridized carbons (Fsp3) is 0.0833. The van der Waals surface area contributed by atoms with Gasteiger partial charge in [0, 0.05) is 38.2 Å². The molecule has 4 aromatic rings. The Morgan fingerprint density at radius 1 is 1.16 bits per heavy atom. The molecule has 1 amide bonds. The van der Waals surface area contributed by atoms with Gasteiger partial charge in [-0.05, 0) is 42.8 Å². The summed E-state index contributed by atoms with van der Waals surface area (Å²) in [6.07, 6.45) is 1.63. The van der Waals surface area contributed by atoms with E-state index in [1.165, 1.54) is 6.07 Å². The van der Waals surface area contributed by atoms with Crippen molar-refractivity contribution in [1.29, 1.82) is 0 Å². The van der Waals surface area contributed by atoms with Gasteiger partial charge >= 0.3 is 0 Å². The number of hydrogen-bond acceptors (Lipinski definition) is 3. The first kappa shape index (κ1) is 21.2. The highest BCUT2D eigenvalue weighted by molar-refractivity contribution is 9.10. The lowest BCUT2D eigenvalue weighted by Crippen LogP contribution is -2.17. The van der Waals surface area contributed by atoms with Crippen LogP contribution in [0.5, 0.6) is 5.75 Å². The van der Waals surface area contributed by atoms with E-state index in [-0.39, 0.29) is 11.3 Å². The van der Waals surface area contributed by atoms with Crippen LogP contribution in [0.3, 0.4) is 0 Å². The molecule has 7 heteroatoms. The van der Waals surface area contributed by atoms with E-state index in [0.29, 0.717) is 11.0 Å². The van der Waals surface area contributed by atoms with Crippen molar-refractivity contribution in [3.05, 3.63) is 98.6 Å². The van der Waals surface area contributed by atoms with E-state index in [1.54, 1.807) is 18.3 Å².